The number of rotatable bonds is 7. The van der Waals surface area contributed by atoms with E-state index in [0.29, 0.717) is 42.9 Å². The highest BCUT2D eigenvalue weighted by atomic mass is 16.6. The Balaban J connectivity index is 0.000000422. The predicted octanol–water partition coefficient (Wildman–Crippen LogP) is 4.82. The van der Waals surface area contributed by atoms with Crippen LogP contribution in [-0.4, -0.2) is 59.6 Å². The number of ether oxygens (including phenoxy) is 1. The third kappa shape index (κ3) is 7.75. The van der Waals surface area contributed by atoms with Gasteiger partial charge in [0.25, 0.3) is 5.91 Å². The lowest BCUT2D eigenvalue weighted by molar-refractivity contribution is 0.0938. The van der Waals surface area contributed by atoms with Gasteiger partial charge >= 0.3 is 6.09 Å². The molecule has 214 valence electrons. The van der Waals surface area contributed by atoms with Gasteiger partial charge in [0.15, 0.2) is 18.5 Å². The molecule has 0 aliphatic carbocycles. The van der Waals surface area contributed by atoms with Gasteiger partial charge in [0.2, 0.25) is 0 Å². The minimum Gasteiger partial charge on any atom is -0.449 e. The first kappa shape index (κ1) is 30.0. The zero-order chi connectivity index (χ0) is 28.9. The van der Waals surface area contributed by atoms with E-state index in [2.05, 4.69) is 38.2 Å². The molecule has 11 heteroatoms. The highest BCUT2D eigenvalue weighted by molar-refractivity contribution is 5.97. The van der Waals surface area contributed by atoms with Crippen LogP contribution in [0.4, 0.5) is 22.1 Å². The summed E-state index contributed by atoms with van der Waals surface area (Å²) in [6.07, 6.45) is 5.98. The van der Waals surface area contributed by atoms with Gasteiger partial charge in [0.05, 0.1) is 18.0 Å². The number of imidazole rings is 1. The topological polar surface area (TPSA) is 140 Å². The minimum atomic E-state index is -0.506. The van der Waals surface area contributed by atoms with Gasteiger partial charge in [-0.05, 0) is 48.2 Å². The number of nitrogens with one attached hydrogen (secondary N) is 5. The lowest BCUT2D eigenvalue weighted by Crippen LogP contribution is -2.43. The van der Waals surface area contributed by atoms with E-state index in [1.54, 1.807) is 35.5 Å². The lowest BCUT2D eigenvalue weighted by atomic mass is 9.97. The monoisotopic (exact) mass is 549 g/mol. The molecule has 0 fully saturated rings. The van der Waals surface area contributed by atoms with Gasteiger partial charge in [-0.2, -0.15) is 0 Å². The summed E-state index contributed by atoms with van der Waals surface area (Å²) in [6.45, 7) is 7.55. The van der Waals surface area contributed by atoms with E-state index in [0.717, 1.165) is 41.9 Å². The summed E-state index contributed by atoms with van der Waals surface area (Å²) in [5, 5.41) is 12.0. The number of carbonyl (C=O) groups is 3. The Bertz CT molecular complexity index is 1260. The first-order valence-electron chi connectivity index (χ1n) is 13.6. The summed E-state index contributed by atoms with van der Waals surface area (Å²) >= 11 is 0. The van der Waals surface area contributed by atoms with Crippen molar-refractivity contribution in [3.8, 4) is 0 Å². The predicted molar refractivity (Wildman–Crippen MR) is 157 cm³/mol. The molecule has 5 N–H and O–H groups in total. The average Bonchev–Trinajstić information content (AvgIpc) is 3.67. The van der Waals surface area contributed by atoms with E-state index in [4.69, 9.17) is 4.74 Å². The number of carbonyl (C=O) groups excluding carboxylic acids is 3. The van der Waals surface area contributed by atoms with Crippen LogP contribution < -0.4 is 21.3 Å². The smallest absolute Gasteiger partial charge is 0.410 e. The number of amides is 2. The number of unbranched alkanes of at least 4 members (excludes halogenated alkanes) is 1. The van der Waals surface area contributed by atoms with Crippen LogP contribution in [-0.2, 0) is 17.7 Å². The van der Waals surface area contributed by atoms with Crippen molar-refractivity contribution in [3.63, 3.8) is 0 Å². The molecular weight excluding hydrogens is 510 g/mol. The molecule has 1 unspecified atom stereocenters. The normalized spacial score (nSPS) is 14.4. The van der Waals surface area contributed by atoms with Crippen LogP contribution >= 0.6 is 0 Å². The summed E-state index contributed by atoms with van der Waals surface area (Å²) in [5.41, 5.74) is 4.62. The number of para-hydroxylation sites is 1. The Kier molecular flexibility index (Phi) is 11.4. The minimum absolute atomic E-state index is 0.227. The molecule has 5 rings (SSSR count). The zero-order valence-corrected chi connectivity index (χ0v) is 23.5. The number of hydrogen-bond acceptors (Lipinski definition) is 8. The molecule has 0 radical (unpaired) electrons. The molecule has 2 amide bonds. The van der Waals surface area contributed by atoms with Crippen LogP contribution in [0, 0.1) is 0 Å². The van der Waals surface area contributed by atoms with Gasteiger partial charge in [-0.25, -0.2) is 9.78 Å². The van der Waals surface area contributed by atoms with Crippen molar-refractivity contribution < 1.29 is 19.1 Å². The fraction of sp³-hybridized carbons (Fsp3) is 0.379. The Hall–Kier alpha value is -4.54. The SMILES string of the molecule is CC.CCCCOC(=O)N1CCc2cc(C(=O)NC3Nc4cccc(C=O)c4N3)ccc2C1.CNc1ncc[nH]1. The molecule has 2 aliphatic rings. The Morgan fingerprint density at radius 1 is 1.18 bits per heavy atom. The Morgan fingerprint density at radius 2 is 2.00 bits per heavy atom. The number of nitrogens with zero attached hydrogens (tertiary/aromatic N) is 2. The van der Waals surface area contributed by atoms with E-state index in [-0.39, 0.29) is 12.0 Å². The van der Waals surface area contributed by atoms with Gasteiger partial charge in [0.1, 0.15) is 0 Å². The number of aromatic nitrogens is 2. The second-order valence-corrected chi connectivity index (χ2v) is 8.89. The molecule has 40 heavy (non-hydrogen) atoms. The summed E-state index contributed by atoms with van der Waals surface area (Å²) < 4.78 is 5.30. The third-order valence-electron chi connectivity index (χ3n) is 6.28. The van der Waals surface area contributed by atoms with E-state index in [1.165, 1.54) is 0 Å². The number of aromatic amines is 1. The van der Waals surface area contributed by atoms with Crippen molar-refractivity contribution >= 4 is 35.6 Å². The first-order chi connectivity index (χ1) is 19.5. The molecule has 0 bridgehead atoms. The fourth-order valence-corrected chi connectivity index (χ4v) is 4.22. The summed E-state index contributed by atoms with van der Waals surface area (Å²) in [6, 6.07) is 10.9. The maximum Gasteiger partial charge on any atom is 0.410 e. The van der Waals surface area contributed by atoms with Crippen molar-refractivity contribution in [3.05, 3.63) is 71.0 Å². The van der Waals surface area contributed by atoms with Crippen molar-refractivity contribution in [1.29, 1.82) is 0 Å². The largest absolute Gasteiger partial charge is 0.449 e. The molecular formula is C29H39N7O4. The molecule has 0 spiro atoms. The molecule has 0 saturated heterocycles. The molecule has 3 heterocycles. The van der Waals surface area contributed by atoms with Crippen molar-refractivity contribution in [2.45, 2.75) is 52.9 Å². The Labute approximate surface area is 235 Å². The molecule has 1 atom stereocenters. The fourth-order valence-electron chi connectivity index (χ4n) is 4.22. The van der Waals surface area contributed by atoms with Crippen molar-refractivity contribution in [1.82, 2.24) is 20.2 Å². The van der Waals surface area contributed by atoms with Crippen LogP contribution in [0.15, 0.2) is 48.8 Å². The van der Waals surface area contributed by atoms with Gasteiger partial charge in [0, 0.05) is 43.7 Å². The zero-order valence-electron chi connectivity index (χ0n) is 23.5. The number of fused-ring (bicyclic) bond motifs is 2. The number of anilines is 3. The number of benzene rings is 2. The second-order valence-electron chi connectivity index (χ2n) is 8.89. The van der Waals surface area contributed by atoms with Crippen LogP contribution in [0.2, 0.25) is 0 Å². The van der Waals surface area contributed by atoms with E-state index >= 15 is 0 Å². The van der Waals surface area contributed by atoms with Gasteiger partial charge < -0.3 is 35.9 Å². The average molecular weight is 550 g/mol. The summed E-state index contributed by atoms with van der Waals surface area (Å²) in [5.74, 6) is 0.578. The maximum absolute atomic E-state index is 12.8. The Morgan fingerprint density at radius 3 is 2.67 bits per heavy atom. The maximum atomic E-state index is 12.8. The standard InChI is InChI=1S/C23H26N4O4.C4H7N3.C2H6/c1-2-3-11-31-23(30)27-10-9-15-12-16(7-8-17(15)13-27)21(29)26-22-24-19-6-4-5-18(14-28)20(19)25-22;1-5-4-6-2-3-7-4;1-2/h4-8,12,14,22,24-25H,2-3,9-11,13H2,1H3,(H,26,29);2-3H,1H3,(H2,5,6,7);1-2H3. The molecule has 3 aromatic rings. The molecule has 2 aromatic carbocycles. The van der Waals surface area contributed by atoms with Crippen molar-refractivity contribution in [2.75, 3.05) is 36.1 Å². The van der Waals surface area contributed by atoms with E-state index < -0.39 is 6.29 Å². The second kappa shape index (κ2) is 15.2. The molecule has 0 saturated carbocycles. The van der Waals surface area contributed by atoms with Crippen molar-refractivity contribution in [2.24, 2.45) is 0 Å². The van der Waals surface area contributed by atoms with E-state index in [1.807, 2.05) is 39.1 Å². The highest BCUT2D eigenvalue weighted by Crippen LogP contribution is 2.31. The first-order valence-corrected chi connectivity index (χ1v) is 13.6. The highest BCUT2D eigenvalue weighted by Gasteiger charge is 2.25. The quantitative estimate of drug-likeness (QED) is 0.209. The molecule has 2 aliphatic heterocycles. The molecule has 11 nitrogen and oxygen atoms in total. The summed E-state index contributed by atoms with van der Waals surface area (Å²) in [4.78, 5) is 44.6. The van der Waals surface area contributed by atoms with Gasteiger partial charge in [-0.3, -0.25) is 9.59 Å². The van der Waals surface area contributed by atoms with Gasteiger partial charge in [-0.1, -0.05) is 39.3 Å². The molecule has 1 aromatic heterocycles. The number of hydrogen-bond donors (Lipinski definition) is 5. The number of H-pyrrole nitrogens is 1. The number of aldehydes is 1. The lowest BCUT2D eigenvalue weighted by Gasteiger charge is -2.28. The summed E-state index contributed by atoms with van der Waals surface area (Å²) in [7, 11) is 1.82. The van der Waals surface area contributed by atoms with Crippen LogP contribution in [0.5, 0.6) is 0 Å². The van der Waals surface area contributed by atoms with E-state index in [9.17, 15) is 14.4 Å². The third-order valence-corrected chi connectivity index (χ3v) is 6.28. The van der Waals surface area contributed by atoms with Crippen LogP contribution in [0.25, 0.3) is 0 Å². The van der Waals surface area contributed by atoms with Crippen LogP contribution in [0.3, 0.4) is 0 Å². The van der Waals surface area contributed by atoms with Crippen LogP contribution in [0.1, 0.15) is 65.5 Å². The van der Waals surface area contributed by atoms with Gasteiger partial charge in [-0.15, -0.1) is 0 Å².